The van der Waals surface area contributed by atoms with Crippen LogP contribution in [-0.2, 0) is 65.4 Å². The lowest BCUT2D eigenvalue weighted by atomic mass is 10.1. The summed E-state index contributed by atoms with van der Waals surface area (Å²) in [6, 6.07) is 0. The average Bonchev–Trinajstić information content (AvgIpc) is 1.01. The normalized spacial score (nSPS) is 14.9. The number of phosphoric acid groups is 2. The number of carbonyl (C=O) groups excluding carboxylic acids is 4. The van der Waals surface area contributed by atoms with Gasteiger partial charge in [-0.05, 0) is 154 Å². The van der Waals surface area contributed by atoms with E-state index in [1.807, 2.05) is 18.2 Å². The Kier molecular flexibility index (Phi) is 67.8. The number of hydrogen-bond acceptors (Lipinski definition) is 15. The van der Waals surface area contributed by atoms with E-state index in [0.29, 0.717) is 25.7 Å². The maximum atomic E-state index is 13.1. The van der Waals surface area contributed by atoms with Gasteiger partial charge in [0.1, 0.15) is 19.3 Å². The molecule has 0 aliphatic carbocycles. The molecule has 100 heavy (non-hydrogen) atoms. The second-order valence-electron chi connectivity index (χ2n) is 24.1. The summed E-state index contributed by atoms with van der Waals surface area (Å²) >= 11 is 0. The predicted octanol–water partition coefficient (Wildman–Crippen LogP) is 21.4. The number of phosphoric ester groups is 2. The van der Waals surface area contributed by atoms with Crippen LogP contribution in [0.25, 0.3) is 0 Å². The molecule has 17 nitrogen and oxygen atoms in total. The van der Waals surface area contributed by atoms with Gasteiger partial charge < -0.3 is 33.8 Å². The zero-order chi connectivity index (χ0) is 73.2. The molecule has 0 aliphatic heterocycles. The smallest absolute Gasteiger partial charge is 0.462 e. The van der Waals surface area contributed by atoms with E-state index >= 15 is 0 Å². The van der Waals surface area contributed by atoms with E-state index < -0.39 is 97.5 Å². The van der Waals surface area contributed by atoms with Crippen molar-refractivity contribution in [1.29, 1.82) is 0 Å². The van der Waals surface area contributed by atoms with Gasteiger partial charge in [0, 0.05) is 19.3 Å². The van der Waals surface area contributed by atoms with E-state index in [9.17, 15) is 43.2 Å². The standard InChI is InChI=1S/C81H130O17P2/c1-5-9-13-17-21-25-29-33-37-41-45-49-53-57-61-65-78(83)91-71-76(97-80(85)67-63-59-55-51-47-43-39-35-31-27-23-19-15-11-7-3)73-95-99(87,88)93-69-75(82)70-94-100(89,90)96-74-77(98-81(86)68-64-60-56-52-48-44-40-36-32-28-24-20-16-12-8-4)72-92-79(84)66-62-58-54-50-46-42-38-34-30-26-22-18-14-10-6-2/h9-11,13-15,21-28,33-40,45-46,49-50,58,62,75-77,82H,5-8,12,16-20,29-32,41-44,47-48,51-57,59-61,63-74H2,1-4H3,(H,87,88)(H,89,90)/b13-9-,14-10-,15-11-,25-21-,26-22-,27-23-,28-24-,37-33-,38-34-,39-35-,40-36-,49-45-,50-46-,62-58-. The fourth-order valence-electron chi connectivity index (χ4n) is 9.09. The molecule has 0 fully saturated rings. The first-order chi connectivity index (χ1) is 48.7. The van der Waals surface area contributed by atoms with Crippen molar-refractivity contribution in [3.8, 4) is 0 Å². The molecule has 3 N–H and O–H groups in total. The summed E-state index contributed by atoms with van der Waals surface area (Å²) in [4.78, 5) is 72.8. The Morgan fingerprint density at radius 3 is 0.910 bits per heavy atom. The number of aliphatic hydroxyl groups is 1. The Morgan fingerprint density at radius 1 is 0.300 bits per heavy atom. The van der Waals surface area contributed by atoms with Crippen LogP contribution in [0.1, 0.15) is 259 Å². The van der Waals surface area contributed by atoms with Crippen molar-refractivity contribution in [1.82, 2.24) is 0 Å². The molecule has 0 aromatic rings. The molecule has 0 rings (SSSR count). The Balaban J connectivity index is 5.50. The molecular weight excluding hydrogens is 1310 g/mol. The summed E-state index contributed by atoms with van der Waals surface area (Å²) in [5, 5.41) is 10.6. The molecule has 0 aromatic heterocycles. The van der Waals surface area contributed by atoms with E-state index in [1.54, 1.807) is 6.08 Å². The molecule has 0 aliphatic rings. The number of allylic oxidation sites excluding steroid dienone is 27. The first-order valence-electron chi connectivity index (χ1n) is 37.4. The third kappa shape index (κ3) is 70.8. The minimum absolute atomic E-state index is 0.0524. The van der Waals surface area contributed by atoms with Gasteiger partial charge in [-0.25, -0.2) is 9.13 Å². The SMILES string of the molecule is CC/C=C\C/C=C\C/C=C\C/C=C\C/C=C\CC(=O)OCC(COP(=O)(O)OCC(O)COP(=O)(O)OCC(COC(=O)CCCC/C=C\C/C=C\C/C=C\C/C=C\CC)OC(=O)CCCCCCC/C=C\C/C=C\C/C=C\CC)OC(=O)CCCCCCC/C=C\C/C=C\CCCCC. The lowest BCUT2D eigenvalue weighted by Gasteiger charge is -2.21. The molecule has 0 saturated carbocycles. The van der Waals surface area contributed by atoms with E-state index in [2.05, 4.69) is 174 Å². The maximum Gasteiger partial charge on any atom is 0.472 e. The first-order valence-corrected chi connectivity index (χ1v) is 40.4. The monoisotopic (exact) mass is 1440 g/mol. The lowest BCUT2D eigenvalue weighted by molar-refractivity contribution is -0.161. The topological polar surface area (TPSA) is 237 Å². The van der Waals surface area contributed by atoms with Crippen LogP contribution < -0.4 is 0 Å². The second kappa shape index (κ2) is 71.8. The highest BCUT2D eigenvalue weighted by Crippen LogP contribution is 2.45. The highest BCUT2D eigenvalue weighted by molar-refractivity contribution is 7.47. The Labute approximate surface area is 603 Å². The number of ether oxygens (including phenoxy) is 4. The third-order valence-electron chi connectivity index (χ3n) is 14.7. The van der Waals surface area contributed by atoms with Crippen molar-refractivity contribution in [2.75, 3.05) is 39.6 Å². The first kappa shape index (κ1) is 94.4. The predicted molar refractivity (Wildman–Crippen MR) is 408 cm³/mol. The molecule has 0 spiro atoms. The summed E-state index contributed by atoms with van der Waals surface area (Å²) in [5.41, 5.74) is 0. The van der Waals surface area contributed by atoms with E-state index in [1.165, 1.54) is 19.3 Å². The average molecular weight is 1440 g/mol. The summed E-state index contributed by atoms with van der Waals surface area (Å²) < 4.78 is 68.2. The van der Waals surface area contributed by atoms with Gasteiger partial charge in [0.05, 0.1) is 32.8 Å². The largest absolute Gasteiger partial charge is 0.472 e. The summed E-state index contributed by atoms with van der Waals surface area (Å²) in [6.07, 6.45) is 83.8. The van der Waals surface area contributed by atoms with Crippen molar-refractivity contribution in [2.24, 2.45) is 0 Å². The van der Waals surface area contributed by atoms with Crippen LogP contribution in [0.5, 0.6) is 0 Å². The summed E-state index contributed by atoms with van der Waals surface area (Å²) in [6.45, 7) is 4.27. The minimum Gasteiger partial charge on any atom is -0.462 e. The van der Waals surface area contributed by atoms with Gasteiger partial charge in [0.25, 0.3) is 0 Å². The molecule has 0 bridgehead atoms. The van der Waals surface area contributed by atoms with Crippen LogP contribution in [-0.4, -0.2) is 96.7 Å². The fraction of sp³-hybridized carbons (Fsp3) is 0.605. The number of esters is 4. The van der Waals surface area contributed by atoms with Crippen molar-refractivity contribution < 1.29 is 80.2 Å². The molecule has 0 amide bonds. The third-order valence-corrected chi connectivity index (χ3v) is 16.6. The van der Waals surface area contributed by atoms with Gasteiger partial charge in [-0.1, -0.05) is 249 Å². The molecule has 0 radical (unpaired) electrons. The number of aliphatic hydroxyl groups excluding tert-OH is 1. The van der Waals surface area contributed by atoms with E-state index in [0.717, 1.165) is 161 Å². The maximum absolute atomic E-state index is 13.1. The number of unbranched alkanes of at least 4 members (excludes halogenated alkanes) is 15. The molecule has 5 atom stereocenters. The van der Waals surface area contributed by atoms with Crippen molar-refractivity contribution in [3.05, 3.63) is 170 Å². The van der Waals surface area contributed by atoms with E-state index in [-0.39, 0.29) is 25.7 Å². The molecule has 19 heteroatoms. The quantitative estimate of drug-likeness (QED) is 0.0169. The van der Waals surface area contributed by atoms with Crippen LogP contribution in [0.3, 0.4) is 0 Å². The van der Waals surface area contributed by atoms with E-state index in [4.69, 9.17) is 37.0 Å². The zero-order valence-corrected chi connectivity index (χ0v) is 63.3. The second-order valence-corrected chi connectivity index (χ2v) is 27.0. The van der Waals surface area contributed by atoms with Crippen LogP contribution in [0, 0.1) is 0 Å². The highest BCUT2D eigenvalue weighted by atomic mass is 31.2. The number of hydrogen-bond donors (Lipinski definition) is 3. The van der Waals surface area contributed by atoms with Gasteiger partial charge in [-0.2, -0.15) is 0 Å². The molecular formula is C81H130O17P2. The molecule has 0 saturated heterocycles. The number of carbonyl (C=O) groups is 4. The van der Waals surface area contributed by atoms with Gasteiger partial charge >= 0.3 is 39.5 Å². The zero-order valence-electron chi connectivity index (χ0n) is 61.5. The highest BCUT2D eigenvalue weighted by Gasteiger charge is 2.30. The van der Waals surface area contributed by atoms with Crippen LogP contribution in [0.2, 0.25) is 0 Å². The Bertz CT molecular complexity index is 2570. The molecule has 566 valence electrons. The van der Waals surface area contributed by atoms with Gasteiger partial charge in [-0.3, -0.25) is 37.3 Å². The fourth-order valence-corrected chi connectivity index (χ4v) is 10.7. The molecule has 0 aromatic carbocycles. The van der Waals surface area contributed by atoms with Gasteiger partial charge in [0.15, 0.2) is 12.2 Å². The molecule has 5 unspecified atom stereocenters. The summed E-state index contributed by atoms with van der Waals surface area (Å²) in [5.74, 6) is -2.42. The van der Waals surface area contributed by atoms with Crippen LogP contribution >= 0.6 is 15.6 Å². The molecule has 0 heterocycles. The van der Waals surface area contributed by atoms with Gasteiger partial charge in [0.2, 0.25) is 0 Å². The van der Waals surface area contributed by atoms with Crippen LogP contribution in [0.15, 0.2) is 170 Å². The summed E-state index contributed by atoms with van der Waals surface area (Å²) in [7, 11) is -10.0. The van der Waals surface area contributed by atoms with Gasteiger partial charge in [-0.15, -0.1) is 0 Å². The van der Waals surface area contributed by atoms with Crippen molar-refractivity contribution >= 4 is 39.5 Å². The Hall–Kier alpha value is -5.58. The van der Waals surface area contributed by atoms with Crippen LogP contribution in [0.4, 0.5) is 0 Å². The number of rotatable bonds is 68. The Morgan fingerprint density at radius 2 is 0.560 bits per heavy atom. The van der Waals surface area contributed by atoms with Crippen molar-refractivity contribution in [2.45, 2.75) is 277 Å². The lowest BCUT2D eigenvalue weighted by Crippen LogP contribution is -2.30. The van der Waals surface area contributed by atoms with Crippen molar-refractivity contribution in [3.63, 3.8) is 0 Å². The minimum atomic E-state index is -5.01.